The number of amides is 1. The minimum Gasteiger partial charge on any atom is -0.378 e. The number of hydrogen-bond donors (Lipinski definition) is 1. The summed E-state index contributed by atoms with van der Waals surface area (Å²) in [5, 5.41) is 3.54. The number of carbonyl (C=O) groups is 1. The van der Waals surface area contributed by atoms with Crippen molar-refractivity contribution in [3.05, 3.63) is 0 Å². The second-order valence-electron chi connectivity index (χ2n) is 6.30. The summed E-state index contributed by atoms with van der Waals surface area (Å²) in [7, 11) is 0. The molecular weight excluding hydrogens is 240 g/mol. The van der Waals surface area contributed by atoms with E-state index in [-0.39, 0.29) is 18.3 Å². The van der Waals surface area contributed by atoms with Gasteiger partial charge < -0.3 is 9.64 Å². The molecule has 0 spiro atoms. The number of rotatable bonds is 4. The van der Waals surface area contributed by atoms with E-state index in [0.717, 1.165) is 32.3 Å². The Morgan fingerprint density at radius 1 is 1.47 bits per heavy atom. The van der Waals surface area contributed by atoms with Crippen LogP contribution in [0.15, 0.2) is 0 Å². The van der Waals surface area contributed by atoms with Crippen LogP contribution in [0, 0.1) is 5.92 Å². The molecular formula is C15H28N2O2. The summed E-state index contributed by atoms with van der Waals surface area (Å²) in [6.45, 7) is 9.40. The highest BCUT2D eigenvalue weighted by atomic mass is 16.5. The van der Waals surface area contributed by atoms with Crippen molar-refractivity contribution in [2.45, 2.75) is 77.7 Å². The van der Waals surface area contributed by atoms with Crippen molar-refractivity contribution in [3.8, 4) is 0 Å². The van der Waals surface area contributed by atoms with Crippen molar-refractivity contribution in [1.82, 2.24) is 10.2 Å². The van der Waals surface area contributed by atoms with Gasteiger partial charge in [0, 0.05) is 12.6 Å². The van der Waals surface area contributed by atoms with E-state index in [0.29, 0.717) is 17.9 Å². The van der Waals surface area contributed by atoms with Gasteiger partial charge in [0.15, 0.2) is 0 Å². The van der Waals surface area contributed by atoms with Gasteiger partial charge in [-0.1, -0.05) is 27.2 Å². The van der Waals surface area contributed by atoms with E-state index in [9.17, 15) is 4.79 Å². The maximum absolute atomic E-state index is 12.6. The maximum atomic E-state index is 12.6. The second kappa shape index (κ2) is 6.23. The molecule has 2 fully saturated rings. The maximum Gasteiger partial charge on any atom is 0.241 e. The largest absolute Gasteiger partial charge is 0.378 e. The molecule has 4 unspecified atom stereocenters. The van der Waals surface area contributed by atoms with Crippen LogP contribution in [-0.2, 0) is 9.53 Å². The van der Waals surface area contributed by atoms with E-state index in [4.69, 9.17) is 4.74 Å². The molecule has 2 rings (SSSR count). The van der Waals surface area contributed by atoms with Crippen molar-refractivity contribution in [1.29, 1.82) is 0 Å². The molecule has 0 saturated carbocycles. The lowest BCUT2D eigenvalue weighted by molar-refractivity contribution is -0.136. The van der Waals surface area contributed by atoms with E-state index in [1.165, 1.54) is 0 Å². The first-order valence-electron chi connectivity index (χ1n) is 7.74. The highest BCUT2D eigenvalue weighted by molar-refractivity contribution is 5.84. The molecule has 0 aromatic rings. The third-order valence-electron chi connectivity index (χ3n) is 4.28. The molecule has 0 aliphatic carbocycles. The average Bonchev–Trinajstić information content (AvgIpc) is 2.68. The lowest BCUT2D eigenvalue weighted by atomic mass is 10.00. The minimum absolute atomic E-state index is 0.0237. The van der Waals surface area contributed by atoms with Gasteiger partial charge in [-0.3, -0.25) is 10.1 Å². The molecule has 0 radical (unpaired) electrons. The van der Waals surface area contributed by atoms with Crippen LogP contribution in [0.5, 0.6) is 0 Å². The van der Waals surface area contributed by atoms with Gasteiger partial charge in [0.25, 0.3) is 0 Å². The molecule has 0 aromatic heterocycles. The lowest BCUT2D eigenvalue weighted by Gasteiger charge is -2.38. The van der Waals surface area contributed by atoms with Crippen LogP contribution >= 0.6 is 0 Å². The Morgan fingerprint density at radius 3 is 2.79 bits per heavy atom. The smallest absolute Gasteiger partial charge is 0.241 e. The fourth-order valence-corrected chi connectivity index (χ4v) is 3.32. The molecule has 4 atom stereocenters. The molecule has 2 heterocycles. The molecule has 2 aliphatic rings. The number of carbonyl (C=O) groups excluding carboxylic acids is 1. The lowest BCUT2D eigenvalue weighted by Crippen LogP contribution is -2.50. The van der Waals surface area contributed by atoms with Gasteiger partial charge in [-0.05, 0) is 32.1 Å². The van der Waals surface area contributed by atoms with Crippen LogP contribution in [0.3, 0.4) is 0 Å². The van der Waals surface area contributed by atoms with Crippen LogP contribution in [0.4, 0.5) is 0 Å². The third kappa shape index (κ3) is 3.11. The summed E-state index contributed by atoms with van der Waals surface area (Å²) < 4.78 is 5.61. The Hall–Kier alpha value is -0.610. The average molecular weight is 268 g/mol. The van der Waals surface area contributed by atoms with Crippen LogP contribution < -0.4 is 5.32 Å². The molecule has 4 nitrogen and oxygen atoms in total. The topological polar surface area (TPSA) is 41.6 Å². The Kier molecular flexibility index (Phi) is 4.85. The van der Waals surface area contributed by atoms with E-state index in [2.05, 4.69) is 37.9 Å². The molecule has 1 N–H and O–H groups in total. The summed E-state index contributed by atoms with van der Waals surface area (Å²) >= 11 is 0. The van der Waals surface area contributed by atoms with Gasteiger partial charge >= 0.3 is 0 Å². The molecule has 4 heteroatoms. The zero-order chi connectivity index (χ0) is 14.0. The van der Waals surface area contributed by atoms with Gasteiger partial charge in [-0.25, -0.2) is 0 Å². The van der Waals surface area contributed by atoms with Crippen LogP contribution in [0.1, 0.15) is 53.4 Å². The SMILES string of the molecule is CCCC1NC(C(C)C)N(C2CCOC(C)C2)C1=O. The van der Waals surface area contributed by atoms with Gasteiger partial charge in [0.2, 0.25) is 5.91 Å². The van der Waals surface area contributed by atoms with Crippen molar-refractivity contribution in [2.24, 2.45) is 5.92 Å². The van der Waals surface area contributed by atoms with Crippen molar-refractivity contribution in [3.63, 3.8) is 0 Å². The fraction of sp³-hybridized carbons (Fsp3) is 0.933. The van der Waals surface area contributed by atoms with Gasteiger partial charge in [-0.15, -0.1) is 0 Å². The Bertz CT molecular complexity index is 319. The fourth-order valence-electron chi connectivity index (χ4n) is 3.32. The predicted molar refractivity (Wildman–Crippen MR) is 75.7 cm³/mol. The Labute approximate surface area is 116 Å². The zero-order valence-electron chi connectivity index (χ0n) is 12.7. The molecule has 0 bridgehead atoms. The first-order valence-corrected chi connectivity index (χ1v) is 7.74. The molecule has 2 saturated heterocycles. The summed E-state index contributed by atoms with van der Waals surface area (Å²) in [5.74, 6) is 0.753. The van der Waals surface area contributed by atoms with E-state index < -0.39 is 0 Å². The van der Waals surface area contributed by atoms with Crippen molar-refractivity contribution < 1.29 is 9.53 Å². The standard InChI is InChI=1S/C15H28N2O2/c1-5-6-13-15(18)17(14(16-13)10(2)3)12-7-8-19-11(4)9-12/h10-14,16H,5-9H2,1-4H3. The van der Waals surface area contributed by atoms with Crippen molar-refractivity contribution >= 4 is 5.91 Å². The molecule has 0 aromatic carbocycles. The number of hydrogen-bond acceptors (Lipinski definition) is 3. The van der Waals surface area contributed by atoms with Crippen LogP contribution in [0.2, 0.25) is 0 Å². The third-order valence-corrected chi connectivity index (χ3v) is 4.28. The molecule has 110 valence electrons. The number of nitrogens with zero attached hydrogens (tertiary/aromatic N) is 1. The predicted octanol–water partition coefficient (Wildman–Crippen LogP) is 2.14. The van der Waals surface area contributed by atoms with E-state index in [1.807, 2.05) is 0 Å². The Morgan fingerprint density at radius 2 is 2.21 bits per heavy atom. The van der Waals surface area contributed by atoms with Gasteiger partial charge in [0.05, 0.1) is 18.3 Å². The summed E-state index contributed by atoms with van der Waals surface area (Å²) in [6.07, 6.45) is 4.39. The highest BCUT2D eigenvalue weighted by Crippen LogP contribution is 2.28. The van der Waals surface area contributed by atoms with Crippen LogP contribution in [0.25, 0.3) is 0 Å². The van der Waals surface area contributed by atoms with Crippen molar-refractivity contribution in [2.75, 3.05) is 6.61 Å². The Balaban J connectivity index is 2.12. The molecule has 19 heavy (non-hydrogen) atoms. The quantitative estimate of drug-likeness (QED) is 0.849. The zero-order valence-corrected chi connectivity index (χ0v) is 12.7. The minimum atomic E-state index is 0.0237. The normalized spacial score (nSPS) is 36.3. The van der Waals surface area contributed by atoms with Gasteiger partial charge in [-0.2, -0.15) is 0 Å². The van der Waals surface area contributed by atoms with E-state index >= 15 is 0 Å². The highest BCUT2D eigenvalue weighted by Gasteiger charge is 2.43. The first kappa shape index (κ1) is 14.8. The number of ether oxygens (including phenoxy) is 1. The summed E-state index contributed by atoms with van der Waals surface area (Å²) in [4.78, 5) is 14.8. The number of nitrogens with one attached hydrogen (secondary N) is 1. The first-order chi connectivity index (χ1) is 9.04. The monoisotopic (exact) mass is 268 g/mol. The second-order valence-corrected chi connectivity index (χ2v) is 6.30. The van der Waals surface area contributed by atoms with E-state index in [1.54, 1.807) is 0 Å². The van der Waals surface area contributed by atoms with Gasteiger partial charge in [0.1, 0.15) is 0 Å². The molecule has 1 amide bonds. The van der Waals surface area contributed by atoms with Crippen LogP contribution in [-0.4, -0.2) is 41.8 Å². The summed E-state index contributed by atoms with van der Waals surface area (Å²) in [6, 6.07) is 0.369. The summed E-state index contributed by atoms with van der Waals surface area (Å²) in [5.41, 5.74) is 0. The molecule has 2 aliphatic heterocycles.